The van der Waals surface area contributed by atoms with Crippen LogP contribution in [0.4, 0.5) is 20.6 Å². The zero-order valence-corrected chi connectivity index (χ0v) is 13.2. The second-order valence-corrected chi connectivity index (χ2v) is 6.09. The minimum atomic E-state index is -1.21. The molecule has 1 amide bonds. The van der Waals surface area contributed by atoms with Crippen molar-refractivity contribution < 1.29 is 19.0 Å². The van der Waals surface area contributed by atoms with Gasteiger partial charge in [0, 0.05) is 11.6 Å². The first-order valence-corrected chi connectivity index (χ1v) is 7.04. The van der Waals surface area contributed by atoms with Crippen LogP contribution in [0, 0.1) is 5.82 Å². The van der Waals surface area contributed by atoms with Crippen LogP contribution < -0.4 is 15.8 Å². The Kier molecular flexibility index (Phi) is 4.45. The van der Waals surface area contributed by atoms with Gasteiger partial charge in [-0.2, -0.15) is 0 Å². The minimum Gasteiger partial charge on any atom is -0.487 e. The molecule has 0 unspecified atom stereocenters. The lowest BCUT2D eigenvalue weighted by Crippen LogP contribution is -2.23. The molecule has 0 saturated heterocycles. The maximum absolute atomic E-state index is 13.1. The van der Waals surface area contributed by atoms with E-state index in [0.717, 1.165) is 5.56 Å². The maximum atomic E-state index is 13.1. The van der Waals surface area contributed by atoms with Crippen LogP contribution in [0.15, 0.2) is 36.4 Å². The van der Waals surface area contributed by atoms with E-state index >= 15 is 0 Å². The number of anilines is 2. The lowest BCUT2D eigenvalue weighted by Gasteiger charge is -2.24. The molecule has 6 heteroatoms. The van der Waals surface area contributed by atoms with E-state index in [2.05, 4.69) is 5.32 Å². The van der Waals surface area contributed by atoms with Crippen molar-refractivity contribution in [2.75, 3.05) is 11.1 Å². The molecule has 4 N–H and O–H groups in total. The van der Waals surface area contributed by atoms with Crippen LogP contribution in [0.25, 0.3) is 11.1 Å². The second kappa shape index (κ2) is 6.16. The van der Waals surface area contributed by atoms with Crippen LogP contribution in [-0.4, -0.2) is 16.8 Å². The molecule has 0 aliphatic carbocycles. The lowest BCUT2D eigenvalue weighted by molar-refractivity contribution is 0.132. The van der Waals surface area contributed by atoms with Crippen molar-refractivity contribution >= 4 is 17.5 Å². The van der Waals surface area contributed by atoms with Crippen molar-refractivity contribution in [3.8, 4) is 16.9 Å². The molecule has 0 spiro atoms. The first kappa shape index (κ1) is 16.6. The standard InChI is InChI=1S/C17H19FN2O3/c1-17(2,3)23-15-9-14(20-16(21)22)13(19)8-12(15)10-4-6-11(18)7-5-10/h4-9,20H,19H2,1-3H3,(H,21,22). The van der Waals surface area contributed by atoms with Crippen molar-refractivity contribution in [1.82, 2.24) is 0 Å². The molecule has 0 heterocycles. The number of nitrogens with one attached hydrogen (secondary N) is 1. The summed E-state index contributed by atoms with van der Waals surface area (Å²) in [6, 6.07) is 9.06. The summed E-state index contributed by atoms with van der Waals surface area (Å²) >= 11 is 0. The zero-order chi connectivity index (χ0) is 17.2. The van der Waals surface area contributed by atoms with Gasteiger partial charge in [0.25, 0.3) is 0 Å². The molecule has 2 aromatic carbocycles. The molecule has 0 aliphatic rings. The largest absolute Gasteiger partial charge is 0.487 e. The van der Waals surface area contributed by atoms with E-state index in [4.69, 9.17) is 15.6 Å². The molecule has 0 radical (unpaired) electrons. The molecule has 0 aliphatic heterocycles. The Bertz CT molecular complexity index is 722. The van der Waals surface area contributed by atoms with Crippen molar-refractivity contribution in [2.24, 2.45) is 0 Å². The van der Waals surface area contributed by atoms with Crippen LogP contribution in [0.2, 0.25) is 0 Å². The number of halogens is 1. The van der Waals surface area contributed by atoms with Crippen LogP contribution in [0.1, 0.15) is 20.8 Å². The number of rotatable bonds is 3. The summed E-state index contributed by atoms with van der Waals surface area (Å²) in [4.78, 5) is 10.9. The van der Waals surface area contributed by atoms with Crippen molar-refractivity contribution in [3.05, 3.63) is 42.2 Å². The van der Waals surface area contributed by atoms with Gasteiger partial charge in [-0.25, -0.2) is 9.18 Å². The highest BCUT2D eigenvalue weighted by Gasteiger charge is 2.18. The van der Waals surface area contributed by atoms with Gasteiger partial charge in [-0.05, 0) is 44.5 Å². The van der Waals surface area contributed by atoms with Gasteiger partial charge in [-0.3, -0.25) is 5.32 Å². The van der Waals surface area contributed by atoms with Gasteiger partial charge in [0.2, 0.25) is 0 Å². The number of amides is 1. The summed E-state index contributed by atoms with van der Waals surface area (Å²) in [5.41, 5.74) is 7.30. The average Bonchev–Trinajstić information content (AvgIpc) is 2.41. The third kappa shape index (κ3) is 4.35. The molecule has 122 valence electrons. The molecule has 0 saturated carbocycles. The molecule has 2 rings (SSSR count). The van der Waals surface area contributed by atoms with Gasteiger partial charge in [0.15, 0.2) is 0 Å². The van der Waals surface area contributed by atoms with Crippen molar-refractivity contribution in [1.29, 1.82) is 0 Å². The van der Waals surface area contributed by atoms with Crippen molar-refractivity contribution in [2.45, 2.75) is 26.4 Å². The third-order valence-electron chi connectivity index (χ3n) is 2.96. The Labute approximate surface area is 133 Å². The fourth-order valence-corrected chi connectivity index (χ4v) is 2.09. The molecule has 0 aromatic heterocycles. The topological polar surface area (TPSA) is 84.6 Å². The van der Waals surface area contributed by atoms with Crippen LogP contribution in [0.3, 0.4) is 0 Å². The predicted octanol–water partition coefficient (Wildman–Crippen LogP) is 4.34. The zero-order valence-electron chi connectivity index (χ0n) is 13.2. The molecule has 2 aromatic rings. The Hall–Kier alpha value is -2.76. The van der Waals surface area contributed by atoms with E-state index in [1.165, 1.54) is 18.2 Å². The summed E-state index contributed by atoms with van der Waals surface area (Å²) in [6.07, 6.45) is -1.21. The van der Waals surface area contributed by atoms with E-state index < -0.39 is 11.7 Å². The van der Waals surface area contributed by atoms with E-state index in [0.29, 0.717) is 11.3 Å². The average molecular weight is 318 g/mol. The van der Waals surface area contributed by atoms with Gasteiger partial charge >= 0.3 is 6.09 Å². The molecule has 0 atom stereocenters. The SMILES string of the molecule is CC(C)(C)Oc1cc(NC(=O)O)c(N)cc1-c1ccc(F)cc1. The number of nitrogens with two attached hydrogens (primary N) is 1. The van der Waals surface area contributed by atoms with Gasteiger partial charge in [0.05, 0.1) is 11.4 Å². The van der Waals surface area contributed by atoms with E-state index in [9.17, 15) is 9.18 Å². The Balaban J connectivity index is 2.57. The summed E-state index contributed by atoms with van der Waals surface area (Å²) in [7, 11) is 0. The lowest BCUT2D eigenvalue weighted by atomic mass is 10.0. The number of carboxylic acid groups (broad SMARTS) is 1. The predicted molar refractivity (Wildman–Crippen MR) is 88.3 cm³/mol. The summed E-state index contributed by atoms with van der Waals surface area (Å²) in [5, 5.41) is 11.1. The third-order valence-corrected chi connectivity index (χ3v) is 2.96. The first-order valence-electron chi connectivity index (χ1n) is 7.04. The number of nitrogen functional groups attached to an aromatic ring is 1. The number of ether oxygens (including phenoxy) is 1. The van der Waals surface area contributed by atoms with E-state index in [1.54, 1.807) is 18.2 Å². The Morgan fingerprint density at radius 2 is 1.83 bits per heavy atom. The number of benzene rings is 2. The first-order chi connectivity index (χ1) is 10.7. The molecular weight excluding hydrogens is 299 g/mol. The minimum absolute atomic E-state index is 0.239. The molecule has 23 heavy (non-hydrogen) atoms. The van der Waals surface area contributed by atoms with Crippen LogP contribution in [-0.2, 0) is 0 Å². The molecule has 0 bridgehead atoms. The van der Waals surface area contributed by atoms with Gasteiger partial charge in [0.1, 0.15) is 17.2 Å². The quantitative estimate of drug-likeness (QED) is 0.735. The molecule has 5 nitrogen and oxygen atoms in total. The monoisotopic (exact) mass is 318 g/mol. The molecule has 0 fully saturated rings. The van der Waals surface area contributed by atoms with E-state index in [1.807, 2.05) is 20.8 Å². The summed E-state index contributed by atoms with van der Waals surface area (Å²) < 4.78 is 19.0. The smallest absolute Gasteiger partial charge is 0.409 e. The summed E-state index contributed by atoms with van der Waals surface area (Å²) in [6.45, 7) is 5.63. The highest BCUT2D eigenvalue weighted by atomic mass is 19.1. The maximum Gasteiger partial charge on any atom is 0.409 e. The highest BCUT2D eigenvalue weighted by molar-refractivity contribution is 5.91. The normalized spacial score (nSPS) is 11.1. The number of hydrogen-bond acceptors (Lipinski definition) is 3. The second-order valence-electron chi connectivity index (χ2n) is 6.09. The van der Waals surface area contributed by atoms with E-state index in [-0.39, 0.29) is 17.2 Å². The fourth-order valence-electron chi connectivity index (χ4n) is 2.09. The van der Waals surface area contributed by atoms with Gasteiger partial charge < -0.3 is 15.6 Å². The molecular formula is C17H19FN2O3. The highest BCUT2D eigenvalue weighted by Crippen LogP contribution is 2.38. The van der Waals surface area contributed by atoms with Crippen molar-refractivity contribution in [3.63, 3.8) is 0 Å². The van der Waals surface area contributed by atoms with Crippen LogP contribution in [0.5, 0.6) is 5.75 Å². The van der Waals surface area contributed by atoms with Gasteiger partial charge in [-0.1, -0.05) is 12.1 Å². The van der Waals surface area contributed by atoms with Gasteiger partial charge in [-0.15, -0.1) is 0 Å². The fraction of sp³-hybridized carbons (Fsp3) is 0.235. The number of carbonyl (C=O) groups is 1. The Morgan fingerprint density at radius 1 is 1.22 bits per heavy atom. The van der Waals surface area contributed by atoms with Crippen LogP contribution >= 0.6 is 0 Å². The summed E-state index contributed by atoms with van der Waals surface area (Å²) in [5.74, 6) is 0.117. The number of hydrogen-bond donors (Lipinski definition) is 3. The Morgan fingerprint density at radius 3 is 2.35 bits per heavy atom.